The second kappa shape index (κ2) is 5.44. The molecule has 22 heavy (non-hydrogen) atoms. The van der Waals surface area contributed by atoms with Crippen molar-refractivity contribution in [3.8, 4) is 0 Å². The largest absolute Gasteiger partial charge is 0.481 e. The summed E-state index contributed by atoms with van der Waals surface area (Å²) in [6.07, 6.45) is 1.59. The average Bonchev–Trinajstić information content (AvgIpc) is 3.00. The zero-order chi connectivity index (χ0) is 15.9. The second-order valence-corrected chi connectivity index (χ2v) is 5.87. The summed E-state index contributed by atoms with van der Waals surface area (Å²) in [6, 6.07) is 5.34. The third kappa shape index (κ3) is 2.45. The Kier molecular flexibility index (Phi) is 3.60. The maximum Gasteiger partial charge on any atom is 0.308 e. The molecule has 1 aromatic carbocycles. The predicted molar refractivity (Wildman–Crippen MR) is 79.8 cm³/mol. The number of nitrogens with zero attached hydrogens (tertiary/aromatic N) is 2. The Hall–Kier alpha value is -2.37. The standard InChI is InChI=1S/C16H18N2O4/c1-17-13-4-2-11(8-10(13)3-5-14(17)19)15(20)18-7-6-12(9-18)16(21)22/h2,4,8,12H,3,5-7,9H2,1H3,(H,21,22). The zero-order valence-electron chi connectivity index (χ0n) is 12.4. The molecule has 0 bridgehead atoms. The topological polar surface area (TPSA) is 77.9 Å². The summed E-state index contributed by atoms with van der Waals surface area (Å²) in [4.78, 5) is 38.4. The van der Waals surface area contributed by atoms with Crippen LogP contribution in [0, 0.1) is 5.92 Å². The van der Waals surface area contributed by atoms with Gasteiger partial charge in [-0.1, -0.05) is 0 Å². The molecule has 0 saturated carbocycles. The van der Waals surface area contributed by atoms with Crippen molar-refractivity contribution in [2.75, 3.05) is 25.0 Å². The van der Waals surface area contributed by atoms with Crippen LogP contribution >= 0.6 is 0 Å². The molecule has 1 fully saturated rings. The van der Waals surface area contributed by atoms with Crippen LogP contribution in [0.3, 0.4) is 0 Å². The van der Waals surface area contributed by atoms with Gasteiger partial charge in [0.15, 0.2) is 0 Å². The molecule has 1 unspecified atom stereocenters. The summed E-state index contributed by atoms with van der Waals surface area (Å²) in [5.41, 5.74) is 2.40. The molecular weight excluding hydrogens is 284 g/mol. The third-order valence-electron chi connectivity index (χ3n) is 4.49. The molecule has 1 saturated heterocycles. The number of anilines is 1. The van der Waals surface area contributed by atoms with Crippen molar-refractivity contribution in [3.05, 3.63) is 29.3 Å². The lowest BCUT2D eigenvalue weighted by Crippen LogP contribution is -2.32. The Morgan fingerprint density at radius 3 is 2.73 bits per heavy atom. The fourth-order valence-electron chi connectivity index (χ4n) is 3.12. The Morgan fingerprint density at radius 1 is 1.27 bits per heavy atom. The summed E-state index contributed by atoms with van der Waals surface area (Å²) in [7, 11) is 1.74. The van der Waals surface area contributed by atoms with E-state index in [0.29, 0.717) is 31.4 Å². The third-order valence-corrected chi connectivity index (χ3v) is 4.49. The number of benzene rings is 1. The Bertz CT molecular complexity index is 656. The van der Waals surface area contributed by atoms with E-state index >= 15 is 0 Å². The molecule has 116 valence electrons. The van der Waals surface area contributed by atoms with E-state index in [1.54, 1.807) is 29.0 Å². The number of aliphatic carboxylic acids is 1. The lowest BCUT2D eigenvalue weighted by Gasteiger charge is -2.26. The second-order valence-electron chi connectivity index (χ2n) is 5.87. The summed E-state index contributed by atoms with van der Waals surface area (Å²) in [5, 5.41) is 9.02. The molecule has 2 amide bonds. The van der Waals surface area contributed by atoms with E-state index in [2.05, 4.69) is 0 Å². The fourth-order valence-corrected chi connectivity index (χ4v) is 3.12. The van der Waals surface area contributed by atoms with Crippen molar-refractivity contribution in [1.29, 1.82) is 0 Å². The van der Waals surface area contributed by atoms with Gasteiger partial charge in [0.05, 0.1) is 5.92 Å². The number of likely N-dealkylation sites (tertiary alicyclic amines) is 1. The van der Waals surface area contributed by atoms with Gasteiger partial charge in [-0.25, -0.2) is 0 Å². The number of rotatable bonds is 2. The van der Waals surface area contributed by atoms with E-state index in [1.165, 1.54) is 0 Å². The first-order valence-corrected chi connectivity index (χ1v) is 7.39. The molecule has 3 rings (SSSR count). The maximum atomic E-state index is 12.5. The number of hydrogen-bond donors (Lipinski definition) is 1. The normalized spacial score (nSPS) is 21.0. The molecular formula is C16H18N2O4. The van der Waals surface area contributed by atoms with E-state index in [9.17, 15) is 14.4 Å². The smallest absolute Gasteiger partial charge is 0.308 e. The molecule has 0 aliphatic carbocycles. The van der Waals surface area contributed by atoms with Gasteiger partial charge < -0.3 is 14.9 Å². The average molecular weight is 302 g/mol. The van der Waals surface area contributed by atoms with Crippen LogP contribution in [0.5, 0.6) is 0 Å². The first-order chi connectivity index (χ1) is 10.5. The van der Waals surface area contributed by atoms with Crippen LogP contribution in [0.15, 0.2) is 18.2 Å². The van der Waals surface area contributed by atoms with E-state index in [-0.39, 0.29) is 18.4 Å². The minimum absolute atomic E-state index is 0.0791. The quantitative estimate of drug-likeness (QED) is 0.888. The first kappa shape index (κ1) is 14.6. The van der Waals surface area contributed by atoms with Gasteiger partial charge >= 0.3 is 5.97 Å². The monoisotopic (exact) mass is 302 g/mol. The Morgan fingerprint density at radius 2 is 2.05 bits per heavy atom. The highest BCUT2D eigenvalue weighted by atomic mass is 16.4. The molecule has 0 radical (unpaired) electrons. The highest BCUT2D eigenvalue weighted by molar-refractivity contribution is 5.99. The molecule has 6 heteroatoms. The van der Waals surface area contributed by atoms with Gasteiger partial charge in [0.1, 0.15) is 0 Å². The van der Waals surface area contributed by atoms with Crippen molar-refractivity contribution in [3.63, 3.8) is 0 Å². The summed E-state index contributed by atoms with van der Waals surface area (Å²) in [5.74, 6) is -1.37. The minimum atomic E-state index is -0.846. The number of amides is 2. The van der Waals surface area contributed by atoms with E-state index in [0.717, 1.165) is 11.3 Å². The lowest BCUT2D eigenvalue weighted by molar-refractivity contribution is -0.141. The van der Waals surface area contributed by atoms with Crippen LogP contribution in [0.2, 0.25) is 0 Å². The van der Waals surface area contributed by atoms with Crippen molar-refractivity contribution in [1.82, 2.24) is 4.90 Å². The van der Waals surface area contributed by atoms with Gasteiger partial charge in [0.25, 0.3) is 5.91 Å². The van der Waals surface area contributed by atoms with Crippen LogP contribution in [-0.2, 0) is 16.0 Å². The number of hydrogen-bond acceptors (Lipinski definition) is 3. The highest BCUT2D eigenvalue weighted by Gasteiger charge is 2.31. The summed E-state index contributed by atoms with van der Waals surface area (Å²) < 4.78 is 0. The van der Waals surface area contributed by atoms with Gasteiger partial charge in [-0.15, -0.1) is 0 Å². The Balaban J connectivity index is 1.80. The molecule has 1 N–H and O–H groups in total. The van der Waals surface area contributed by atoms with Gasteiger partial charge in [-0.2, -0.15) is 0 Å². The van der Waals surface area contributed by atoms with E-state index < -0.39 is 11.9 Å². The van der Waals surface area contributed by atoms with Crippen LogP contribution in [0.1, 0.15) is 28.8 Å². The molecule has 1 atom stereocenters. The number of carbonyl (C=O) groups excluding carboxylic acids is 2. The van der Waals surface area contributed by atoms with Crippen LogP contribution in [0.25, 0.3) is 0 Å². The first-order valence-electron chi connectivity index (χ1n) is 7.39. The van der Waals surface area contributed by atoms with Crippen molar-refractivity contribution < 1.29 is 19.5 Å². The van der Waals surface area contributed by atoms with Gasteiger partial charge in [-0.05, 0) is 36.6 Å². The molecule has 2 aliphatic rings. The van der Waals surface area contributed by atoms with E-state index in [4.69, 9.17) is 5.11 Å². The van der Waals surface area contributed by atoms with Gasteiger partial charge in [0.2, 0.25) is 5.91 Å². The van der Waals surface area contributed by atoms with Crippen molar-refractivity contribution in [2.24, 2.45) is 5.92 Å². The summed E-state index contributed by atoms with van der Waals surface area (Å²) in [6.45, 7) is 0.745. The Labute approximate surface area is 128 Å². The van der Waals surface area contributed by atoms with Crippen LogP contribution in [0.4, 0.5) is 5.69 Å². The fraction of sp³-hybridized carbons (Fsp3) is 0.438. The molecule has 0 spiro atoms. The number of carboxylic acids is 1. The number of carbonyl (C=O) groups is 3. The molecule has 1 aromatic rings. The maximum absolute atomic E-state index is 12.5. The predicted octanol–water partition coefficient (Wildman–Crippen LogP) is 1.14. The molecule has 2 heterocycles. The summed E-state index contributed by atoms with van der Waals surface area (Å²) >= 11 is 0. The lowest BCUT2D eigenvalue weighted by atomic mass is 9.99. The number of fused-ring (bicyclic) bond motifs is 1. The highest BCUT2D eigenvalue weighted by Crippen LogP contribution is 2.28. The van der Waals surface area contributed by atoms with Crippen LogP contribution < -0.4 is 4.90 Å². The number of carboxylic acid groups (broad SMARTS) is 1. The SMILES string of the molecule is CN1C(=O)CCc2cc(C(=O)N3CCC(C(=O)O)C3)ccc21. The zero-order valence-corrected chi connectivity index (χ0v) is 12.4. The van der Waals surface area contributed by atoms with Crippen molar-refractivity contribution >= 4 is 23.5 Å². The molecule has 0 aromatic heterocycles. The number of aryl methyl sites for hydroxylation is 1. The van der Waals surface area contributed by atoms with E-state index in [1.807, 2.05) is 6.07 Å². The minimum Gasteiger partial charge on any atom is -0.481 e. The van der Waals surface area contributed by atoms with Gasteiger partial charge in [0, 0.05) is 37.8 Å². The van der Waals surface area contributed by atoms with Crippen molar-refractivity contribution in [2.45, 2.75) is 19.3 Å². The molecule has 6 nitrogen and oxygen atoms in total. The molecule has 2 aliphatic heterocycles. The van der Waals surface area contributed by atoms with Gasteiger partial charge in [-0.3, -0.25) is 14.4 Å². The van der Waals surface area contributed by atoms with Crippen LogP contribution in [-0.4, -0.2) is 47.9 Å².